The summed E-state index contributed by atoms with van der Waals surface area (Å²) >= 11 is 9.78. The molecule has 3 rings (SSSR count). The third-order valence-electron chi connectivity index (χ3n) is 4.15. The van der Waals surface area contributed by atoms with E-state index in [4.69, 9.17) is 16.0 Å². The van der Waals surface area contributed by atoms with E-state index in [-0.39, 0.29) is 5.38 Å². The minimum absolute atomic E-state index is 0.221. The molecule has 1 aliphatic carbocycles. The maximum atomic E-state index is 6.47. The fourth-order valence-corrected chi connectivity index (χ4v) is 3.58. The van der Waals surface area contributed by atoms with Crippen molar-refractivity contribution in [1.29, 1.82) is 0 Å². The molecule has 0 saturated heterocycles. The molecule has 0 N–H and O–H groups in total. The minimum Gasteiger partial charge on any atom is -0.452 e. The standard InChI is InChI=1S/C17H18BrClO/c18-16-11-10-15(20-16)17(19)14-8-6-13(7-9-14)12-4-2-1-3-5-12/h6-12,17H,1-5H2. The number of hydrogen-bond donors (Lipinski definition) is 0. The average Bonchev–Trinajstić information content (AvgIpc) is 2.94. The van der Waals surface area contributed by atoms with Gasteiger partial charge in [-0.1, -0.05) is 43.5 Å². The highest BCUT2D eigenvalue weighted by molar-refractivity contribution is 9.10. The molecule has 1 aromatic heterocycles. The molecular formula is C17H18BrClO. The van der Waals surface area contributed by atoms with Gasteiger partial charge in [0, 0.05) is 0 Å². The molecule has 1 fully saturated rings. The normalized spacial score (nSPS) is 18.1. The van der Waals surface area contributed by atoms with Crippen LogP contribution < -0.4 is 0 Å². The first-order valence-corrected chi connectivity index (χ1v) is 8.46. The summed E-state index contributed by atoms with van der Waals surface area (Å²) in [6, 6.07) is 12.5. The van der Waals surface area contributed by atoms with E-state index >= 15 is 0 Å². The van der Waals surface area contributed by atoms with Crippen LogP contribution in [0.4, 0.5) is 0 Å². The molecule has 0 spiro atoms. The molecule has 106 valence electrons. The fraction of sp³-hybridized carbons (Fsp3) is 0.412. The number of hydrogen-bond acceptors (Lipinski definition) is 1. The zero-order chi connectivity index (χ0) is 13.9. The smallest absolute Gasteiger partial charge is 0.169 e. The summed E-state index contributed by atoms with van der Waals surface area (Å²) < 4.78 is 6.25. The molecule has 0 radical (unpaired) electrons. The molecule has 2 aromatic rings. The van der Waals surface area contributed by atoms with E-state index in [0.717, 1.165) is 21.9 Å². The molecule has 1 aliphatic rings. The Morgan fingerprint density at radius 1 is 1.00 bits per heavy atom. The predicted molar refractivity (Wildman–Crippen MR) is 86.4 cm³/mol. The van der Waals surface area contributed by atoms with Gasteiger partial charge in [0.25, 0.3) is 0 Å². The summed E-state index contributed by atoms with van der Waals surface area (Å²) in [4.78, 5) is 0. The van der Waals surface area contributed by atoms with E-state index < -0.39 is 0 Å². The van der Waals surface area contributed by atoms with Crippen LogP contribution in [0.3, 0.4) is 0 Å². The summed E-state index contributed by atoms with van der Waals surface area (Å²) in [6.45, 7) is 0. The molecule has 1 saturated carbocycles. The molecule has 0 aliphatic heterocycles. The van der Waals surface area contributed by atoms with Crippen molar-refractivity contribution in [2.24, 2.45) is 0 Å². The summed E-state index contributed by atoms with van der Waals surface area (Å²) in [5, 5.41) is -0.221. The molecule has 1 unspecified atom stereocenters. The number of halogens is 2. The predicted octanol–water partition coefficient (Wildman–Crippen LogP) is 6.42. The minimum atomic E-state index is -0.221. The largest absolute Gasteiger partial charge is 0.452 e. The van der Waals surface area contributed by atoms with Gasteiger partial charge in [-0.25, -0.2) is 0 Å². The van der Waals surface area contributed by atoms with Crippen molar-refractivity contribution in [2.75, 3.05) is 0 Å². The molecule has 1 heterocycles. The number of rotatable bonds is 3. The quantitative estimate of drug-likeness (QED) is 0.580. The second-order valence-corrected chi connectivity index (χ2v) is 6.72. The number of benzene rings is 1. The first kappa shape index (κ1) is 14.2. The molecular weight excluding hydrogens is 336 g/mol. The first-order valence-electron chi connectivity index (χ1n) is 7.23. The zero-order valence-corrected chi connectivity index (χ0v) is 13.7. The lowest BCUT2D eigenvalue weighted by atomic mass is 9.84. The fourth-order valence-electron chi connectivity index (χ4n) is 3.00. The lowest BCUT2D eigenvalue weighted by molar-refractivity contribution is 0.443. The second-order valence-electron chi connectivity index (χ2n) is 5.51. The van der Waals surface area contributed by atoms with Gasteiger partial charge in [0.05, 0.1) is 0 Å². The first-order chi connectivity index (χ1) is 9.74. The zero-order valence-electron chi connectivity index (χ0n) is 11.3. The van der Waals surface area contributed by atoms with Gasteiger partial charge in [-0.15, -0.1) is 11.6 Å². The highest BCUT2D eigenvalue weighted by atomic mass is 79.9. The van der Waals surface area contributed by atoms with Crippen LogP contribution in [0.1, 0.15) is 60.3 Å². The van der Waals surface area contributed by atoms with Gasteiger partial charge in [-0.05, 0) is 57.9 Å². The van der Waals surface area contributed by atoms with Gasteiger partial charge in [0.1, 0.15) is 11.1 Å². The van der Waals surface area contributed by atoms with Gasteiger partial charge in [0.2, 0.25) is 0 Å². The molecule has 3 heteroatoms. The SMILES string of the molecule is ClC(c1ccc(C2CCCCC2)cc1)c1ccc(Br)o1. The van der Waals surface area contributed by atoms with Crippen LogP contribution in [0.5, 0.6) is 0 Å². The third-order valence-corrected chi connectivity index (χ3v) is 5.04. The summed E-state index contributed by atoms with van der Waals surface area (Å²) in [5.74, 6) is 1.52. The van der Waals surface area contributed by atoms with E-state index in [1.54, 1.807) is 0 Å². The van der Waals surface area contributed by atoms with E-state index in [1.165, 1.54) is 37.7 Å². The Hall–Kier alpha value is -0.730. The Labute approximate surface area is 133 Å². The Balaban J connectivity index is 1.75. The maximum Gasteiger partial charge on any atom is 0.169 e. The lowest BCUT2D eigenvalue weighted by Gasteiger charge is -2.22. The van der Waals surface area contributed by atoms with Crippen LogP contribution in [-0.4, -0.2) is 0 Å². The highest BCUT2D eigenvalue weighted by Crippen LogP contribution is 2.35. The van der Waals surface area contributed by atoms with Crippen molar-refractivity contribution in [2.45, 2.75) is 43.4 Å². The molecule has 20 heavy (non-hydrogen) atoms. The second kappa shape index (κ2) is 6.36. The molecule has 1 atom stereocenters. The Morgan fingerprint density at radius 3 is 2.30 bits per heavy atom. The van der Waals surface area contributed by atoms with Crippen LogP contribution >= 0.6 is 27.5 Å². The Kier molecular flexibility index (Phi) is 4.52. The van der Waals surface area contributed by atoms with Crippen LogP contribution in [0, 0.1) is 0 Å². The van der Waals surface area contributed by atoms with Gasteiger partial charge >= 0.3 is 0 Å². The molecule has 0 bridgehead atoms. The van der Waals surface area contributed by atoms with Crippen molar-refractivity contribution in [3.63, 3.8) is 0 Å². The van der Waals surface area contributed by atoms with E-state index in [9.17, 15) is 0 Å². The molecule has 1 nitrogen and oxygen atoms in total. The van der Waals surface area contributed by atoms with Gasteiger partial charge in [0.15, 0.2) is 4.67 Å². The summed E-state index contributed by atoms with van der Waals surface area (Å²) in [5.41, 5.74) is 2.55. The van der Waals surface area contributed by atoms with E-state index in [1.807, 2.05) is 12.1 Å². The van der Waals surface area contributed by atoms with Crippen molar-refractivity contribution < 1.29 is 4.42 Å². The van der Waals surface area contributed by atoms with Crippen LogP contribution in [-0.2, 0) is 0 Å². The summed E-state index contributed by atoms with van der Waals surface area (Å²) in [6.07, 6.45) is 6.78. The van der Waals surface area contributed by atoms with E-state index in [2.05, 4.69) is 40.2 Å². The maximum absolute atomic E-state index is 6.47. The monoisotopic (exact) mass is 352 g/mol. The average molecular weight is 354 g/mol. The van der Waals surface area contributed by atoms with Crippen molar-refractivity contribution in [3.05, 3.63) is 58.0 Å². The van der Waals surface area contributed by atoms with Crippen LogP contribution in [0.15, 0.2) is 45.5 Å². The molecule has 0 amide bonds. The van der Waals surface area contributed by atoms with Crippen molar-refractivity contribution >= 4 is 27.5 Å². The van der Waals surface area contributed by atoms with Crippen molar-refractivity contribution in [3.8, 4) is 0 Å². The number of furan rings is 1. The van der Waals surface area contributed by atoms with Gasteiger partial charge < -0.3 is 4.42 Å². The molecule has 1 aromatic carbocycles. The van der Waals surface area contributed by atoms with Gasteiger partial charge in [-0.2, -0.15) is 0 Å². The highest BCUT2D eigenvalue weighted by Gasteiger charge is 2.18. The van der Waals surface area contributed by atoms with Crippen LogP contribution in [0.2, 0.25) is 0 Å². The van der Waals surface area contributed by atoms with E-state index in [0.29, 0.717) is 0 Å². The summed E-state index contributed by atoms with van der Waals surface area (Å²) in [7, 11) is 0. The lowest BCUT2D eigenvalue weighted by Crippen LogP contribution is -2.04. The third kappa shape index (κ3) is 3.12. The number of alkyl halides is 1. The Bertz CT molecular complexity index is 555. The topological polar surface area (TPSA) is 13.1 Å². The van der Waals surface area contributed by atoms with Gasteiger partial charge in [-0.3, -0.25) is 0 Å². The van der Waals surface area contributed by atoms with Crippen molar-refractivity contribution in [1.82, 2.24) is 0 Å². The van der Waals surface area contributed by atoms with Crippen LogP contribution in [0.25, 0.3) is 0 Å². The Morgan fingerprint density at radius 2 is 1.70 bits per heavy atom.